The van der Waals surface area contributed by atoms with Gasteiger partial charge in [-0.2, -0.15) is 0 Å². The minimum absolute atomic E-state index is 0.0576. The first kappa shape index (κ1) is 23.8. The van der Waals surface area contributed by atoms with E-state index in [2.05, 4.69) is 95.4 Å². The van der Waals surface area contributed by atoms with Crippen LogP contribution in [-0.4, -0.2) is 28.5 Å². The van der Waals surface area contributed by atoms with Crippen LogP contribution in [0.5, 0.6) is 0 Å². The second-order valence-electron chi connectivity index (χ2n) is 10.8. The number of amides is 1. The van der Waals surface area contributed by atoms with E-state index in [4.69, 9.17) is 4.98 Å². The van der Waals surface area contributed by atoms with Gasteiger partial charge in [0.1, 0.15) is 0 Å². The summed E-state index contributed by atoms with van der Waals surface area (Å²) in [7, 11) is 0. The maximum Gasteiger partial charge on any atom is 0.223 e. The Kier molecular flexibility index (Phi) is 6.45. The highest BCUT2D eigenvalue weighted by atomic mass is 16.2. The molecular weight excluding hydrogens is 456 g/mol. The predicted octanol–water partition coefficient (Wildman–Crippen LogP) is 6.11. The predicted molar refractivity (Wildman–Crippen MR) is 150 cm³/mol. The number of fused-ring (bicyclic) bond motifs is 2. The lowest BCUT2D eigenvalue weighted by Crippen LogP contribution is -2.42. The Bertz CT molecular complexity index is 1430. The van der Waals surface area contributed by atoms with Crippen LogP contribution in [0, 0.1) is 19.8 Å². The lowest BCUT2D eigenvalue weighted by Gasteiger charge is -2.34. The summed E-state index contributed by atoms with van der Waals surface area (Å²) in [5.41, 5.74) is 8.78. The van der Waals surface area contributed by atoms with Crippen LogP contribution in [-0.2, 0) is 17.8 Å². The molecule has 2 aliphatic rings. The van der Waals surface area contributed by atoms with Gasteiger partial charge in [-0.1, -0.05) is 60.2 Å². The average Bonchev–Trinajstić information content (AvgIpc) is 3.29. The van der Waals surface area contributed by atoms with Gasteiger partial charge < -0.3 is 14.8 Å². The Morgan fingerprint density at radius 1 is 0.973 bits per heavy atom. The van der Waals surface area contributed by atoms with Crippen LogP contribution in [0.3, 0.4) is 0 Å². The highest BCUT2D eigenvalue weighted by Crippen LogP contribution is 2.32. The van der Waals surface area contributed by atoms with E-state index in [-0.39, 0.29) is 17.9 Å². The zero-order valence-electron chi connectivity index (χ0n) is 21.9. The number of hydrogen-bond acceptors (Lipinski definition) is 3. The van der Waals surface area contributed by atoms with Crippen molar-refractivity contribution in [1.82, 2.24) is 14.9 Å². The van der Waals surface area contributed by atoms with Crippen molar-refractivity contribution in [2.24, 2.45) is 5.92 Å². The summed E-state index contributed by atoms with van der Waals surface area (Å²) in [6, 6.07) is 23.8. The zero-order valence-corrected chi connectivity index (χ0v) is 21.9. The van der Waals surface area contributed by atoms with Crippen molar-refractivity contribution in [2.75, 3.05) is 18.0 Å². The van der Waals surface area contributed by atoms with Crippen molar-refractivity contribution in [3.8, 4) is 0 Å². The lowest BCUT2D eigenvalue weighted by atomic mass is 9.87. The third-order valence-corrected chi connectivity index (χ3v) is 8.30. The summed E-state index contributed by atoms with van der Waals surface area (Å²) in [5.74, 6) is 1.29. The summed E-state index contributed by atoms with van der Waals surface area (Å²) in [6.07, 6.45) is 4.99. The number of rotatable bonds is 5. The molecule has 1 saturated heterocycles. The van der Waals surface area contributed by atoms with Crippen LogP contribution in [0.25, 0.3) is 11.0 Å². The number of piperidine rings is 1. The van der Waals surface area contributed by atoms with Crippen molar-refractivity contribution in [3.63, 3.8) is 0 Å². The van der Waals surface area contributed by atoms with Gasteiger partial charge in [-0.15, -0.1) is 0 Å². The molecule has 1 atom stereocenters. The van der Waals surface area contributed by atoms with Gasteiger partial charge in [0, 0.05) is 19.0 Å². The fourth-order valence-electron chi connectivity index (χ4n) is 6.14. The van der Waals surface area contributed by atoms with Gasteiger partial charge >= 0.3 is 0 Å². The van der Waals surface area contributed by atoms with E-state index in [0.29, 0.717) is 0 Å². The molecule has 5 nitrogen and oxygen atoms in total. The Labute approximate surface area is 219 Å². The first-order valence-corrected chi connectivity index (χ1v) is 13.7. The van der Waals surface area contributed by atoms with Crippen molar-refractivity contribution in [2.45, 2.75) is 58.5 Å². The molecule has 2 heterocycles. The van der Waals surface area contributed by atoms with Crippen LogP contribution in [0.4, 0.5) is 5.95 Å². The van der Waals surface area contributed by atoms with Crippen molar-refractivity contribution in [1.29, 1.82) is 0 Å². The minimum atomic E-state index is 0.0576. The second kappa shape index (κ2) is 10.0. The normalized spacial score (nSPS) is 18.1. The molecule has 5 heteroatoms. The smallest absolute Gasteiger partial charge is 0.223 e. The zero-order chi connectivity index (χ0) is 25.4. The standard InChI is InChI=1S/C32H36N4O/c1-22-14-15-23(2)26(20-22)21-36-30-13-6-5-11-29(30)34-32(36)35-18-16-25(17-19-35)31(37)33-28-12-7-9-24-8-3-4-10-27(24)28/h3-6,8,10-11,13-15,20,25,28H,7,9,12,16-19,21H2,1-2H3,(H,33,37). The first-order chi connectivity index (χ1) is 18.1. The lowest BCUT2D eigenvalue weighted by molar-refractivity contribution is -0.126. The molecule has 0 radical (unpaired) electrons. The van der Waals surface area contributed by atoms with Crippen molar-refractivity contribution >= 4 is 22.9 Å². The molecule has 1 aliphatic carbocycles. The largest absolute Gasteiger partial charge is 0.349 e. The second-order valence-corrected chi connectivity index (χ2v) is 10.8. The van der Waals surface area contributed by atoms with E-state index in [0.717, 1.165) is 68.7 Å². The molecule has 190 valence electrons. The quantitative estimate of drug-likeness (QED) is 0.366. The summed E-state index contributed by atoms with van der Waals surface area (Å²) in [5, 5.41) is 3.40. The van der Waals surface area contributed by atoms with Gasteiger partial charge in [-0.05, 0) is 80.3 Å². The van der Waals surface area contributed by atoms with Crippen LogP contribution >= 0.6 is 0 Å². The molecule has 1 aromatic heterocycles. The van der Waals surface area contributed by atoms with Gasteiger partial charge in [-0.25, -0.2) is 4.98 Å². The number of benzene rings is 3. The number of para-hydroxylation sites is 2. The summed E-state index contributed by atoms with van der Waals surface area (Å²) in [4.78, 5) is 20.7. The van der Waals surface area contributed by atoms with E-state index in [1.165, 1.54) is 27.8 Å². The number of anilines is 1. The summed E-state index contributed by atoms with van der Waals surface area (Å²) < 4.78 is 2.36. The van der Waals surface area contributed by atoms with Crippen molar-refractivity contribution < 1.29 is 4.79 Å². The Balaban J connectivity index is 1.18. The van der Waals surface area contributed by atoms with Gasteiger partial charge in [0.15, 0.2) is 0 Å². The fourth-order valence-corrected chi connectivity index (χ4v) is 6.14. The first-order valence-electron chi connectivity index (χ1n) is 13.7. The number of carbonyl (C=O) groups is 1. The average molecular weight is 493 g/mol. The molecule has 1 aliphatic heterocycles. The van der Waals surface area contributed by atoms with Gasteiger partial charge in [0.25, 0.3) is 0 Å². The Morgan fingerprint density at radius 3 is 2.62 bits per heavy atom. The fraction of sp³-hybridized carbons (Fsp3) is 0.375. The molecule has 4 aromatic rings. The monoisotopic (exact) mass is 492 g/mol. The number of nitrogens with one attached hydrogen (secondary N) is 1. The molecule has 0 spiro atoms. The molecule has 1 amide bonds. The van der Waals surface area contributed by atoms with Crippen LogP contribution in [0.2, 0.25) is 0 Å². The Morgan fingerprint density at radius 2 is 1.76 bits per heavy atom. The molecule has 1 N–H and O–H groups in total. The minimum Gasteiger partial charge on any atom is -0.349 e. The number of hydrogen-bond donors (Lipinski definition) is 1. The third-order valence-electron chi connectivity index (χ3n) is 8.30. The van der Waals surface area contributed by atoms with Crippen LogP contribution in [0.15, 0.2) is 66.7 Å². The third kappa shape index (κ3) is 4.75. The van der Waals surface area contributed by atoms with E-state index in [9.17, 15) is 4.79 Å². The molecule has 3 aromatic carbocycles. The molecular formula is C32H36N4O. The molecule has 0 bridgehead atoms. The van der Waals surface area contributed by atoms with Crippen molar-refractivity contribution in [3.05, 3.63) is 94.5 Å². The number of aromatic nitrogens is 2. The molecule has 37 heavy (non-hydrogen) atoms. The van der Waals surface area contributed by atoms with E-state index in [1.807, 2.05) is 0 Å². The number of aryl methyl sites for hydroxylation is 3. The highest BCUT2D eigenvalue weighted by molar-refractivity contribution is 5.80. The molecule has 1 fully saturated rings. The highest BCUT2D eigenvalue weighted by Gasteiger charge is 2.30. The number of imidazole rings is 1. The Hall–Kier alpha value is -3.60. The maximum atomic E-state index is 13.3. The molecule has 1 unspecified atom stereocenters. The topological polar surface area (TPSA) is 50.2 Å². The van der Waals surface area contributed by atoms with Crippen LogP contribution < -0.4 is 10.2 Å². The van der Waals surface area contributed by atoms with E-state index in [1.54, 1.807) is 0 Å². The van der Waals surface area contributed by atoms with Gasteiger partial charge in [0.05, 0.1) is 23.6 Å². The van der Waals surface area contributed by atoms with E-state index < -0.39 is 0 Å². The number of nitrogens with zero attached hydrogens (tertiary/aromatic N) is 3. The van der Waals surface area contributed by atoms with Gasteiger partial charge in [0.2, 0.25) is 11.9 Å². The SMILES string of the molecule is Cc1ccc(C)c(Cn2c(N3CCC(C(=O)NC4CCCc5ccccc54)CC3)nc3ccccc32)c1. The molecule has 6 rings (SSSR count). The molecule has 0 saturated carbocycles. The van der Waals surface area contributed by atoms with Gasteiger partial charge in [-0.3, -0.25) is 4.79 Å². The number of carbonyl (C=O) groups excluding carboxylic acids is 1. The van der Waals surface area contributed by atoms with Crippen LogP contribution in [0.1, 0.15) is 59.5 Å². The maximum absolute atomic E-state index is 13.3. The summed E-state index contributed by atoms with van der Waals surface area (Å²) in [6.45, 7) is 6.82. The van der Waals surface area contributed by atoms with E-state index >= 15 is 0 Å². The summed E-state index contributed by atoms with van der Waals surface area (Å²) >= 11 is 0.